The third-order valence-electron chi connectivity index (χ3n) is 2.96. The van der Waals surface area contributed by atoms with Gasteiger partial charge < -0.3 is 9.84 Å². The fraction of sp³-hybridized carbons (Fsp3) is 1.00. The molecule has 2 aliphatic rings. The zero-order valence-electron chi connectivity index (χ0n) is 6.88. The molecule has 0 amide bonds. The van der Waals surface area contributed by atoms with Crippen LogP contribution in [0.5, 0.6) is 0 Å². The minimum Gasteiger partial charge on any atom is -0.393 e. The second-order valence-corrected chi connectivity index (χ2v) is 3.89. The van der Waals surface area contributed by atoms with Gasteiger partial charge in [-0.15, -0.1) is 0 Å². The summed E-state index contributed by atoms with van der Waals surface area (Å²) in [5.74, 6) is 0. The molecule has 0 aromatic heterocycles. The third-order valence-corrected chi connectivity index (χ3v) is 2.96. The molecule has 1 spiro atoms. The largest absolute Gasteiger partial charge is 0.393 e. The van der Waals surface area contributed by atoms with Crippen LogP contribution in [0.2, 0.25) is 0 Å². The number of hydrogen-bond acceptors (Lipinski definition) is 2. The lowest BCUT2D eigenvalue weighted by atomic mass is 9.81. The first kappa shape index (κ1) is 7.56. The quantitative estimate of drug-likeness (QED) is 0.575. The molecule has 0 aromatic carbocycles. The molecule has 1 aliphatic carbocycles. The molecule has 1 aliphatic heterocycles. The van der Waals surface area contributed by atoms with Gasteiger partial charge in [0.15, 0.2) is 0 Å². The van der Waals surface area contributed by atoms with Crippen LogP contribution < -0.4 is 0 Å². The normalized spacial score (nSPS) is 45.0. The molecule has 0 aromatic rings. The number of rotatable bonds is 0. The summed E-state index contributed by atoms with van der Waals surface area (Å²) in [6.07, 6.45) is 6.43. The van der Waals surface area contributed by atoms with Crippen molar-refractivity contribution in [1.82, 2.24) is 0 Å². The van der Waals surface area contributed by atoms with Gasteiger partial charge in [-0.25, -0.2) is 0 Å². The van der Waals surface area contributed by atoms with Crippen LogP contribution in [0.25, 0.3) is 0 Å². The Balaban J connectivity index is 2.00. The summed E-state index contributed by atoms with van der Waals surface area (Å²) in [6.45, 7) is 0.909. The van der Waals surface area contributed by atoms with E-state index in [1.165, 1.54) is 19.3 Å². The van der Waals surface area contributed by atoms with Crippen molar-refractivity contribution in [1.29, 1.82) is 0 Å². The van der Waals surface area contributed by atoms with Gasteiger partial charge in [0.05, 0.1) is 11.7 Å². The molecule has 2 nitrogen and oxygen atoms in total. The van der Waals surface area contributed by atoms with E-state index in [4.69, 9.17) is 4.74 Å². The molecule has 2 fully saturated rings. The molecule has 1 saturated carbocycles. The summed E-state index contributed by atoms with van der Waals surface area (Å²) in [6, 6.07) is 0. The first-order chi connectivity index (χ1) is 5.31. The smallest absolute Gasteiger partial charge is 0.0708 e. The first-order valence-electron chi connectivity index (χ1n) is 4.63. The molecule has 0 bridgehead atoms. The Morgan fingerprint density at radius 1 is 1.27 bits per heavy atom. The Hall–Kier alpha value is -0.0800. The van der Waals surface area contributed by atoms with Crippen LogP contribution in [-0.2, 0) is 4.74 Å². The van der Waals surface area contributed by atoms with Gasteiger partial charge in [-0.3, -0.25) is 0 Å². The van der Waals surface area contributed by atoms with Gasteiger partial charge in [-0.05, 0) is 32.1 Å². The van der Waals surface area contributed by atoms with E-state index in [1.54, 1.807) is 0 Å². The van der Waals surface area contributed by atoms with Gasteiger partial charge in [0, 0.05) is 13.0 Å². The molecule has 0 radical (unpaired) electrons. The summed E-state index contributed by atoms with van der Waals surface area (Å²) in [5, 5.41) is 9.45. The SMILES string of the molecule is OC1CCCC2(CCCO2)C1. The average molecular weight is 156 g/mol. The van der Waals surface area contributed by atoms with E-state index in [-0.39, 0.29) is 11.7 Å². The zero-order valence-corrected chi connectivity index (χ0v) is 6.88. The van der Waals surface area contributed by atoms with Gasteiger partial charge in [0.1, 0.15) is 0 Å². The summed E-state index contributed by atoms with van der Waals surface area (Å²) >= 11 is 0. The number of aliphatic hydroxyl groups is 1. The highest BCUT2D eigenvalue weighted by atomic mass is 16.5. The molecule has 2 heteroatoms. The van der Waals surface area contributed by atoms with Crippen molar-refractivity contribution in [3.8, 4) is 0 Å². The average Bonchev–Trinajstić information content (AvgIpc) is 2.37. The van der Waals surface area contributed by atoms with Crippen LogP contribution in [-0.4, -0.2) is 23.4 Å². The van der Waals surface area contributed by atoms with Crippen LogP contribution in [0.15, 0.2) is 0 Å². The highest BCUT2D eigenvalue weighted by Gasteiger charge is 2.39. The fourth-order valence-corrected chi connectivity index (χ4v) is 2.41. The van der Waals surface area contributed by atoms with Crippen molar-refractivity contribution in [2.75, 3.05) is 6.61 Å². The van der Waals surface area contributed by atoms with E-state index in [2.05, 4.69) is 0 Å². The Bertz CT molecular complexity index is 138. The Labute approximate surface area is 67.6 Å². The van der Waals surface area contributed by atoms with Crippen molar-refractivity contribution in [3.05, 3.63) is 0 Å². The van der Waals surface area contributed by atoms with Gasteiger partial charge in [-0.1, -0.05) is 0 Å². The predicted octanol–water partition coefficient (Wildman–Crippen LogP) is 1.47. The van der Waals surface area contributed by atoms with E-state index in [0.29, 0.717) is 0 Å². The molecule has 64 valence electrons. The van der Waals surface area contributed by atoms with Crippen LogP contribution >= 0.6 is 0 Å². The van der Waals surface area contributed by atoms with Crippen LogP contribution in [0, 0.1) is 0 Å². The Morgan fingerprint density at radius 2 is 2.09 bits per heavy atom. The maximum absolute atomic E-state index is 9.45. The summed E-state index contributed by atoms with van der Waals surface area (Å²) in [5.41, 5.74) is 0.0949. The fourth-order valence-electron chi connectivity index (χ4n) is 2.41. The summed E-state index contributed by atoms with van der Waals surface area (Å²) < 4.78 is 5.69. The second kappa shape index (κ2) is 2.76. The maximum Gasteiger partial charge on any atom is 0.0708 e. The van der Waals surface area contributed by atoms with Crippen molar-refractivity contribution in [2.45, 2.75) is 50.2 Å². The number of aliphatic hydroxyl groups excluding tert-OH is 1. The molecule has 2 rings (SSSR count). The van der Waals surface area contributed by atoms with Crippen molar-refractivity contribution >= 4 is 0 Å². The minimum atomic E-state index is -0.0955. The standard InChI is InChI=1S/C9H16O2/c10-8-3-1-4-9(7-8)5-2-6-11-9/h8,10H,1-7H2. The number of ether oxygens (including phenoxy) is 1. The van der Waals surface area contributed by atoms with E-state index in [9.17, 15) is 5.11 Å². The van der Waals surface area contributed by atoms with E-state index in [1.807, 2.05) is 0 Å². The maximum atomic E-state index is 9.45. The number of hydrogen-bond donors (Lipinski definition) is 1. The molecular formula is C9H16O2. The predicted molar refractivity (Wildman–Crippen MR) is 42.4 cm³/mol. The van der Waals surface area contributed by atoms with Gasteiger partial charge >= 0.3 is 0 Å². The first-order valence-corrected chi connectivity index (χ1v) is 4.63. The zero-order chi connectivity index (χ0) is 7.73. The summed E-state index contributed by atoms with van der Waals surface area (Å²) in [7, 11) is 0. The lowest BCUT2D eigenvalue weighted by molar-refractivity contribution is -0.0625. The second-order valence-electron chi connectivity index (χ2n) is 3.89. The van der Waals surface area contributed by atoms with Gasteiger partial charge in [-0.2, -0.15) is 0 Å². The monoisotopic (exact) mass is 156 g/mol. The Kier molecular flexibility index (Phi) is 1.90. The highest BCUT2D eigenvalue weighted by Crippen LogP contribution is 2.39. The summed E-state index contributed by atoms with van der Waals surface area (Å²) in [4.78, 5) is 0. The molecule has 1 N–H and O–H groups in total. The topological polar surface area (TPSA) is 29.5 Å². The van der Waals surface area contributed by atoms with E-state index >= 15 is 0 Å². The van der Waals surface area contributed by atoms with E-state index < -0.39 is 0 Å². The van der Waals surface area contributed by atoms with Crippen LogP contribution in [0.1, 0.15) is 38.5 Å². The van der Waals surface area contributed by atoms with Crippen molar-refractivity contribution in [3.63, 3.8) is 0 Å². The highest BCUT2D eigenvalue weighted by molar-refractivity contribution is 4.90. The Morgan fingerprint density at radius 3 is 2.73 bits per heavy atom. The van der Waals surface area contributed by atoms with Crippen LogP contribution in [0.3, 0.4) is 0 Å². The molecule has 1 heterocycles. The molecular weight excluding hydrogens is 140 g/mol. The molecule has 1 saturated heterocycles. The minimum absolute atomic E-state index is 0.0949. The molecule has 2 unspecified atom stereocenters. The van der Waals surface area contributed by atoms with Crippen molar-refractivity contribution in [2.24, 2.45) is 0 Å². The van der Waals surface area contributed by atoms with Crippen molar-refractivity contribution < 1.29 is 9.84 Å². The molecule has 11 heavy (non-hydrogen) atoms. The van der Waals surface area contributed by atoms with E-state index in [0.717, 1.165) is 25.9 Å². The molecule has 2 atom stereocenters. The third kappa shape index (κ3) is 1.42. The van der Waals surface area contributed by atoms with Crippen LogP contribution in [0.4, 0.5) is 0 Å². The van der Waals surface area contributed by atoms with Gasteiger partial charge in [0.25, 0.3) is 0 Å². The lowest BCUT2D eigenvalue weighted by Gasteiger charge is -2.35. The van der Waals surface area contributed by atoms with Gasteiger partial charge in [0.2, 0.25) is 0 Å². The lowest BCUT2D eigenvalue weighted by Crippen LogP contribution is -2.36.